The summed E-state index contributed by atoms with van der Waals surface area (Å²) in [4.78, 5) is 11.5. The van der Waals surface area contributed by atoms with Gasteiger partial charge in [-0.15, -0.1) is 0 Å². The smallest absolute Gasteiger partial charge is 0.326 e. The zero-order chi connectivity index (χ0) is 16.5. The van der Waals surface area contributed by atoms with Crippen LogP contribution in [-0.2, 0) is 14.8 Å². The molecule has 1 aromatic carbocycles. The second-order valence-corrected chi connectivity index (χ2v) is 6.72. The van der Waals surface area contributed by atoms with E-state index in [0.717, 1.165) is 5.56 Å². The van der Waals surface area contributed by atoms with Gasteiger partial charge in [0.2, 0.25) is 10.0 Å². The van der Waals surface area contributed by atoms with Gasteiger partial charge >= 0.3 is 5.97 Å². The lowest BCUT2D eigenvalue weighted by Gasteiger charge is -2.15. The van der Waals surface area contributed by atoms with Gasteiger partial charge in [-0.3, -0.25) is 9.89 Å². The number of carboxylic acids is 1. The van der Waals surface area contributed by atoms with Crippen molar-refractivity contribution < 1.29 is 18.3 Å². The zero-order valence-electron chi connectivity index (χ0n) is 12.4. The number of carbonyl (C=O) groups is 1. The van der Waals surface area contributed by atoms with Crippen molar-refractivity contribution in [1.82, 2.24) is 14.9 Å². The van der Waals surface area contributed by atoms with E-state index in [1.807, 2.05) is 0 Å². The second kappa shape index (κ2) is 5.90. The van der Waals surface area contributed by atoms with Gasteiger partial charge in [-0.05, 0) is 26.3 Å². The highest BCUT2D eigenvalue weighted by molar-refractivity contribution is 7.89. The summed E-state index contributed by atoms with van der Waals surface area (Å²) in [6.07, 6.45) is 0. The number of benzene rings is 1. The number of H-pyrrole nitrogens is 1. The van der Waals surface area contributed by atoms with Crippen LogP contribution in [0.4, 0.5) is 0 Å². The van der Waals surface area contributed by atoms with Gasteiger partial charge in [-0.1, -0.05) is 29.8 Å². The van der Waals surface area contributed by atoms with Gasteiger partial charge in [0.05, 0.1) is 11.4 Å². The standard InChI is InChI=1S/C14H17N3O4S/c1-8-5-4-6-11(7-8)12(14(18)19)17-22(20,21)13-9(2)15-16-10(13)3/h4-7,12,17H,1-3H3,(H,15,16)(H,18,19). The van der Waals surface area contributed by atoms with E-state index in [0.29, 0.717) is 17.0 Å². The third kappa shape index (κ3) is 3.18. The van der Waals surface area contributed by atoms with Gasteiger partial charge in [-0.2, -0.15) is 9.82 Å². The zero-order valence-corrected chi connectivity index (χ0v) is 13.2. The molecular weight excluding hydrogens is 306 g/mol. The lowest BCUT2D eigenvalue weighted by molar-refractivity contribution is -0.139. The third-order valence-electron chi connectivity index (χ3n) is 3.22. The van der Waals surface area contributed by atoms with Crippen LogP contribution in [0.1, 0.15) is 28.6 Å². The summed E-state index contributed by atoms with van der Waals surface area (Å²) in [7, 11) is -4.01. The molecule has 8 heteroatoms. The molecule has 1 aromatic heterocycles. The molecule has 0 saturated heterocycles. The maximum absolute atomic E-state index is 12.5. The molecule has 0 aliphatic rings. The molecule has 0 amide bonds. The van der Waals surface area contributed by atoms with Gasteiger partial charge in [0.15, 0.2) is 0 Å². The SMILES string of the molecule is Cc1cccc(C(NS(=O)(=O)c2c(C)n[nH]c2C)C(=O)O)c1. The van der Waals surface area contributed by atoms with E-state index in [1.165, 1.54) is 0 Å². The maximum atomic E-state index is 12.5. The van der Waals surface area contributed by atoms with E-state index >= 15 is 0 Å². The van der Waals surface area contributed by atoms with Crippen LogP contribution in [0.15, 0.2) is 29.2 Å². The first-order valence-corrected chi connectivity index (χ1v) is 8.04. The van der Waals surface area contributed by atoms with Crippen molar-refractivity contribution in [2.75, 3.05) is 0 Å². The minimum Gasteiger partial charge on any atom is -0.480 e. The van der Waals surface area contributed by atoms with Crippen molar-refractivity contribution in [2.24, 2.45) is 0 Å². The minimum atomic E-state index is -4.01. The molecule has 3 N–H and O–H groups in total. The molecule has 1 heterocycles. The Balaban J connectivity index is 2.43. The van der Waals surface area contributed by atoms with E-state index in [4.69, 9.17) is 0 Å². The molecule has 0 aliphatic carbocycles. The third-order valence-corrected chi connectivity index (χ3v) is 4.91. The monoisotopic (exact) mass is 323 g/mol. The molecule has 0 bridgehead atoms. The lowest BCUT2D eigenvalue weighted by Crippen LogP contribution is -2.34. The first-order chi connectivity index (χ1) is 10.2. The predicted octanol–water partition coefficient (Wildman–Crippen LogP) is 1.44. The number of sulfonamides is 1. The van der Waals surface area contributed by atoms with Gasteiger partial charge < -0.3 is 5.11 Å². The molecule has 0 aliphatic heterocycles. The number of nitrogens with one attached hydrogen (secondary N) is 2. The molecule has 22 heavy (non-hydrogen) atoms. The van der Waals surface area contributed by atoms with Crippen LogP contribution >= 0.6 is 0 Å². The molecule has 2 rings (SSSR count). The summed E-state index contributed by atoms with van der Waals surface area (Å²) < 4.78 is 27.2. The van der Waals surface area contributed by atoms with Crippen molar-refractivity contribution in [3.05, 3.63) is 46.8 Å². The van der Waals surface area contributed by atoms with Crippen molar-refractivity contribution >= 4 is 16.0 Å². The van der Waals surface area contributed by atoms with E-state index < -0.39 is 22.0 Å². The van der Waals surface area contributed by atoms with Gasteiger partial charge in [0.25, 0.3) is 0 Å². The number of aromatic nitrogens is 2. The van der Waals surface area contributed by atoms with Gasteiger partial charge in [0, 0.05) is 0 Å². The van der Waals surface area contributed by atoms with Crippen molar-refractivity contribution in [1.29, 1.82) is 0 Å². The summed E-state index contributed by atoms with van der Waals surface area (Å²) in [6.45, 7) is 4.92. The molecule has 0 saturated carbocycles. The predicted molar refractivity (Wildman–Crippen MR) is 79.9 cm³/mol. The molecule has 2 aromatic rings. The fourth-order valence-electron chi connectivity index (χ4n) is 2.26. The van der Waals surface area contributed by atoms with Crippen LogP contribution in [-0.4, -0.2) is 29.7 Å². The number of nitrogens with zero attached hydrogens (tertiary/aromatic N) is 1. The lowest BCUT2D eigenvalue weighted by atomic mass is 10.1. The summed E-state index contributed by atoms with van der Waals surface area (Å²) in [6, 6.07) is 5.34. The van der Waals surface area contributed by atoms with Crippen LogP contribution in [0, 0.1) is 20.8 Å². The Morgan fingerprint density at radius 3 is 2.50 bits per heavy atom. The minimum absolute atomic E-state index is 0.0218. The van der Waals surface area contributed by atoms with Crippen LogP contribution < -0.4 is 4.72 Å². The van der Waals surface area contributed by atoms with Gasteiger partial charge in [0.1, 0.15) is 10.9 Å². The van der Waals surface area contributed by atoms with Crippen molar-refractivity contribution in [3.63, 3.8) is 0 Å². The average molecular weight is 323 g/mol. The quantitative estimate of drug-likeness (QED) is 0.771. The summed E-state index contributed by atoms with van der Waals surface area (Å²) >= 11 is 0. The van der Waals surface area contributed by atoms with Crippen molar-refractivity contribution in [3.8, 4) is 0 Å². The number of carboxylic acid groups (broad SMARTS) is 1. The number of aromatic amines is 1. The highest BCUT2D eigenvalue weighted by Crippen LogP contribution is 2.21. The molecule has 0 fully saturated rings. The molecule has 118 valence electrons. The average Bonchev–Trinajstić information content (AvgIpc) is 2.76. The van der Waals surface area contributed by atoms with Crippen molar-refractivity contribution in [2.45, 2.75) is 31.7 Å². The summed E-state index contributed by atoms with van der Waals surface area (Å²) in [5.41, 5.74) is 1.87. The molecule has 1 unspecified atom stereocenters. The topological polar surface area (TPSA) is 112 Å². The Morgan fingerprint density at radius 1 is 1.32 bits per heavy atom. The normalized spacial score (nSPS) is 13.0. The highest BCUT2D eigenvalue weighted by Gasteiger charge is 2.30. The van der Waals surface area contributed by atoms with E-state index in [-0.39, 0.29) is 4.90 Å². The van der Waals surface area contributed by atoms with E-state index in [2.05, 4.69) is 14.9 Å². The second-order valence-electron chi connectivity index (χ2n) is 5.07. The number of hydrogen-bond donors (Lipinski definition) is 3. The largest absolute Gasteiger partial charge is 0.480 e. The fourth-order valence-corrected chi connectivity index (χ4v) is 3.81. The van der Waals surface area contributed by atoms with Crippen LogP contribution in [0.2, 0.25) is 0 Å². The first kappa shape index (κ1) is 16.2. The van der Waals surface area contributed by atoms with E-state index in [9.17, 15) is 18.3 Å². The number of aryl methyl sites for hydroxylation is 3. The molecule has 0 radical (unpaired) electrons. The first-order valence-electron chi connectivity index (χ1n) is 6.55. The Bertz CT molecular complexity index is 792. The Kier molecular flexibility index (Phi) is 4.34. The Hall–Kier alpha value is -2.19. The maximum Gasteiger partial charge on any atom is 0.326 e. The summed E-state index contributed by atoms with van der Waals surface area (Å²) in [5.74, 6) is -1.27. The number of hydrogen-bond acceptors (Lipinski definition) is 4. The fraction of sp³-hybridized carbons (Fsp3) is 0.286. The number of aliphatic carboxylic acids is 1. The Morgan fingerprint density at radius 2 is 2.00 bits per heavy atom. The molecule has 1 atom stereocenters. The summed E-state index contributed by atoms with van der Waals surface area (Å²) in [5, 5.41) is 15.8. The van der Waals surface area contributed by atoms with E-state index in [1.54, 1.807) is 45.0 Å². The van der Waals surface area contributed by atoms with Crippen LogP contribution in [0.3, 0.4) is 0 Å². The highest BCUT2D eigenvalue weighted by atomic mass is 32.2. The molecular formula is C14H17N3O4S. The molecule has 0 spiro atoms. The number of rotatable bonds is 5. The van der Waals surface area contributed by atoms with Crippen LogP contribution in [0.5, 0.6) is 0 Å². The molecule has 7 nitrogen and oxygen atoms in total. The van der Waals surface area contributed by atoms with Gasteiger partial charge in [-0.25, -0.2) is 8.42 Å². The Labute approximate surface area is 128 Å². The van der Waals surface area contributed by atoms with Crippen LogP contribution in [0.25, 0.3) is 0 Å².